The van der Waals surface area contributed by atoms with E-state index in [1.165, 1.54) is 24.9 Å². The normalized spacial score (nSPS) is 23.6. The topological polar surface area (TPSA) is 29.3 Å². The predicted octanol–water partition coefficient (Wildman–Crippen LogP) is 2.72. The maximum atomic E-state index is 5.97. The van der Waals surface area contributed by atoms with Gasteiger partial charge in [0.15, 0.2) is 0 Å². The van der Waals surface area contributed by atoms with Gasteiger partial charge in [-0.05, 0) is 56.6 Å². The predicted molar refractivity (Wildman–Crippen MR) is 73.5 cm³/mol. The zero-order chi connectivity index (χ0) is 12.3. The van der Waals surface area contributed by atoms with E-state index in [4.69, 9.17) is 17.3 Å². The van der Waals surface area contributed by atoms with Crippen LogP contribution in [0.25, 0.3) is 0 Å². The zero-order valence-electron chi connectivity index (χ0n) is 10.4. The third kappa shape index (κ3) is 3.21. The van der Waals surface area contributed by atoms with Crippen molar-refractivity contribution >= 4 is 11.6 Å². The molecule has 1 aliphatic heterocycles. The summed E-state index contributed by atoms with van der Waals surface area (Å²) >= 11 is 5.93. The second kappa shape index (κ2) is 5.85. The Hall–Kier alpha value is -0.570. The van der Waals surface area contributed by atoms with Gasteiger partial charge in [-0.2, -0.15) is 0 Å². The van der Waals surface area contributed by atoms with Crippen LogP contribution in [0.2, 0.25) is 5.02 Å². The molecule has 1 fully saturated rings. The number of hydrogen-bond acceptors (Lipinski definition) is 2. The Bertz CT molecular complexity index is 350. The van der Waals surface area contributed by atoms with Crippen molar-refractivity contribution in [2.75, 3.05) is 26.7 Å². The van der Waals surface area contributed by atoms with E-state index in [0.717, 1.165) is 18.1 Å². The molecule has 0 bridgehead atoms. The number of hydrogen-bond donors (Lipinski definition) is 1. The summed E-state index contributed by atoms with van der Waals surface area (Å²) in [6, 6.07) is 8.17. The Labute approximate surface area is 109 Å². The Morgan fingerprint density at radius 1 is 1.41 bits per heavy atom. The molecule has 2 unspecified atom stereocenters. The number of likely N-dealkylation sites (tertiary alicyclic amines) is 1. The standard InChI is InChI=1S/C14H21ClN2/c1-17-8-2-3-12(10-17)14(9-16)11-4-6-13(15)7-5-11/h4-7,12,14H,2-3,8-10,16H2,1H3. The molecule has 1 aromatic carbocycles. The van der Waals surface area contributed by atoms with Crippen molar-refractivity contribution < 1.29 is 0 Å². The molecule has 1 heterocycles. The van der Waals surface area contributed by atoms with Gasteiger partial charge in [0, 0.05) is 17.5 Å². The molecule has 2 atom stereocenters. The highest BCUT2D eigenvalue weighted by atomic mass is 35.5. The van der Waals surface area contributed by atoms with Crippen LogP contribution in [0.15, 0.2) is 24.3 Å². The fraction of sp³-hybridized carbons (Fsp3) is 0.571. The molecular formula is C14H21ClN2. The monoisotopic (exact) mass is 252 g/mol. The van der Waals surface area contributed by atoms with Gasteiger partial charge in [-0.1, -0.05) is 23.7 Å². The molecule has 0 amide bonds. The lowest BCUT2D eigenvalue weighted by molar-refractivity contribution is 0.188. The lowest BCUT2D eigenvalue weighted by Crippen LogP contribution is -2.37. The lowest BCUT2D eigenvalue weighted by atomic mass is 9.81. The van der Waals surface area contributed by atoms with Crippen molar-refractivity contribution in [2.45, 2.75) is 18.8 Å². The van der Waals surface area contributed by atoms with Gasteiger partial charge in [0.05, 0.1) is 0 Å². The van der Waals surface area contributed by atoms with Crippen LogP contribution in [0.3, 0.4) is 0 Å². The summed E-state index contributed by atoms with van der Waals surface area (Å²) in [4.78, 5) is 2.41. The smallest absolute Gasteiger partial charge is 0.0406 e. The molecule has 0 spiro atoms. The SMILES string of the molecule is CN1CCCC(C(CN)c2ccc(Cl)cc2)C1. The number of halogens is 1. The second-order valence-corrected chi connectivity index (χ2v) is 5.49. The van der Waals surface area contributed by atoms with Crippen LogP contribution in [0.5, 0.6) is 0 Å². The molecule has 0 aromatic heterocycles. The van der Waals surface area contributed by atoms with Gasteiger partial charge in [0.25, 0.3) is 0 Å². The van der Waals surface area contributed by atoms with Crippen LogP contribution in [0.1, 0.15) is 24.3 Å². The van der Waals surface area contributed by atoms with Gasteiger partial charge in [0.1, 0.15) is 0 Å². The largest absolute Gasteiger partial charge is 0.330 e. The number of benzene rings is 1. The van der Waals surface area contributed by atoms with Crippen LogP contribution in [-0.4, -0.2) is 31.6 Å². The van der Waals surface area contributed by atoms with Crippen molar-refractivity contribution in [1.82, 2.24) is 4.90 Å². The molecule has 2 nitrogen and oxygen atoms in total. The third-order valence-electron chi connectivity index (χ3n) is 3.78. The molecule has 17 heavy (non-hydrogen) atoms. The fourth-order valence-corrected chi connectivity index (χ4v) is 2.97. The minimum absolute atomic E-state index is 0.468. The number of piperidine rings is 1. The highest BCUT2D eigenvalue weighted by molar-refractivity contribution is 6.30. The quantitative estimate of drug-likeness (QED) is 0.896. The minimum atomic E-state index is 0.468. The molecule has 1 aromatic rings. The Balaban J connectivity index is 2.12. The summed E-state index contributed by atoms with van der Waals surface area (Å²) in [6.07, 6.45) is 2.57. The van der Waals surface area contributed by atoms with Crippen molar-refractivity contribution in [3.05, 3.63) is 34.9 Å². The van der Waals surface area contributed by atoms with Gasteiger partial charge in [0.2, 0.25) is 0 Å². The first kappa shape index (κ1) is 12.9. The number of rotatable bonds is 3. The van der Waals surface area contributed by atoms with Crippen LogP contribution < -0.4 is 5.73 Å². The van der Waals surface area contributed by atoms with Crippen LogP contribution in [0.4, 0.5) is 0 Å². The van der Waals surface area contributed by atoms with Gasteiger partial charge >= 0.3 is 0 Å². The van der Waals surface area contributed by atoms with Crippen LogP contribution in [0, 0.1) is 5.92 Å². The highest BCUT2D eigenvalue weighted by Gasteiger charge is 2.25. The van der Waals surface area contributed by atoms with E-state index in [1.807, 2.05) is 12.1 Å². The van der Waals surface area contributed by atoms with Crippen molar-refractivity contribution in [3.8, 4) is 0 Å². The molecule has 0 saturated carbocycles. The van der Waals surface area contributed by atoms with E-state index in [-0.39, 0.29) is 0 Å². The van der Waals surface area contributed by atoms with Crippen molar-refractivity contribution in [1.29, 1.82) is 0 Å². The summed E-state index contributed by atoms with van der Waals surface area (Å²) < 4.78 is 0. The Morgan fingerprint density at radius 2 is 2.12 bits per heavy atom. The zero-order valence-corrected chi connectivity index (χ0v) is 11.2. The van der Waals surface area contributed by atoms with Crippen molar-refractivity contribution in [2.24, 2.45) is 11.7 Å². The van der Waals surface area contributed by atoms with E-state index in [9.17, 15) is 0 Å². The van der Waals surface area contributed by atoms with E-state index in [2.05, 4.69) is 24.1 Å². The molecule has 0 radical (unpaired) electrons. The summed E-state index contributed by atoms with van der Waals surface area (Å²) in [6.45, 7) is 3.10. The molecule has 94 valence electrons. The number of nitrogens with zero attached hydrogens (tertiary/aromatic N) is 1. The number of nitrogens with two attached hydrogens (primary N) is 1. The third-order valence-corrected chi connectivity index (χ3v) is 4.03. The molecule has 1 saturated heterocycles. The maximum Gasteiger partial charge on any atom is 0.0406 e. The van der Waals surface area contributed by atoms with Crippen LogP contribution in [-0.2, 0) is 0 Å². The van der Waals surface area contributed by atoms with E-state index in [1.54, 1.807) is 0 Å². The highest BCUT2D eigenvalue weighted by Crippen LogP contribution is 2.31. The molecular weight excluding hydrogens is 232 g/mol. The average molecular weight is 253 g/mol. The lowest BCUT2D eigenvalue weighted by Gasteiger charge is -2.35. The Morgan fingerprint density at radius 3 is 2.71 bits per heavy atom. The van der Waals surface area contributed by atoms with Gasteiger partial charge < -0.3 is 10.6 Å². The summed E-state index contributed by atoms with van der Waals surface area (Å²) in [5.41, 5.74) is 7.30. The van der Waals surface area contributed by atoms with Gasteiger partial charge in [-0.3, -0.25) is 0 Å². The van der Waals surface area contributed by atoms with Gasteiger partial charge in [-0.15, -0.1) is 0 Å². The van der Waals surface area contributed by atoms with Gasteiger partial charge in [-0.25, -0.2) is 0 Å². The molecule has 0 aliphatic carbocycles. The first-order valence-electron chi connectivity index (χ1n) is 6.35. The summed E-state index contributed by atoms with van der Waals surface area (Å²) in [5, 5.41) is 0.797. The Kier molecular flexibility index (Phi) is 4.43. The molecule has 2 N–H and O–H groups in total. The minimum Gasteiger partial charge on any atom is -0.330 e. The molecule has 3 heteroatoms. The molecule has 2 rings (SSSR count). The maximum absolute atomic E-state index is 5.97. The molecule has 1 aliphatic rings. The second-order valence-electron chi connectivity index (χ2n) is 5.06. The van der Waals surface area contributed by atoms with Crippen molar-refractivity contribution in [3.63, 3.8) is 0 Å². The van der Waals surface area contributed by atoms with E-state index in [0.29, 0.717) is 11.8 Å². The average Bonchev–Trinajstić information content (AvgIpc) is 2.33. The summed E-state index contributed by atoms with van der Waals surface area (Å²) in [7, 11) is 2.20. The first-order valence-corrected chi connectivity index (χ1v) is 6.72. The van der Waals surface area contributed by atoms with E-state index < -0.39 is 0 Å². The summed E-state index contributed by atoms with van der Waals surface area (Å²) in [5.74, 6) is 1.15. The fourth-order valence-electron chi connectivity index (χ4n) is 2.85. The van der Waals surface area contributed by atoms with Crippen LogP contribution >= 0.6 is 11.6 Å². The first-order chi connectivity index (χ1) is 8.20. The van der Waals surface area contributed by atoms with E-state index >= 15 is 0 Å².